The first-order chi connectivity index (χ1) is 10.5. The maximum Gasteiger partial charge on any atom is 0.191 e. The molecule has 0 saturated carbocycles. The number of hydrogen-bond donors (Lipinski definition) is 2. The largest absolute Gasteiger partial charge is 0.355 e. The molecular weight excluding hydrogens is 446 g/mol. The predicted molar refractivity (Wildman–Crippen MR) is 110 cm³/mol. The first-order valence-corrected chi connectivity index (χ1v) is 8.39. The van der Waals surface area contributed by atoms with E-state index in [1.165, 1.54) is 19.4 Å². The summed E-state index contributed by atoms with van der Waals surface area (Å²) in [7, 11) is 3.95. The molecule has 1 aromatic rings. The minimum atomic E-state index is 0. The Bertz CT molecular complexity index is 539. The Morgan fingerprint density at radius 2 is 2.17 bits per heavy atom. The van der Waals surface area contributed by atoms with Gasteiger partial charge < -0.3 is 15.5 Å². The van der Waals surface area contributed by atoms with Gasteiger partial charge in [-0.3, -0.25) is 4.99 Å². The van der Waals surface area contributed by atoms with E-state index in [2.05, 4.69) is 34.5 Å². The van der Waals surface area contributed by atoms with Crippen LogP contribution >= 0.6 is 47.2 Å². The number of likely N-dealkylation sites (tertiary alicyclic amines) is 1. The van der Waals surface area contributed by atoms with Crippen LogP contribution < -0.4 is 10.6 Å². The van der Waals surface area contributed by atoms with Crippen molar-refractivity contribution < 1.29 is 0 Å². The van der Waals surface area contributed by atoms with E-state index in [4.69, 9.17) is 23.2 Å². The topological polar surface area (TPSA) is 39.7 Å². The molecule has 1 fully saturated rings. The number of halogens is 3. The van der Waals surface area contributed by atoms with Gasteiger partial charge in [0.05, 0.1) is 6.04 Å². The molecule has 0 spiro atoms. The van der Waals surface area contributed by atoms with E-state index in [1.54, 1.807) is 13.1 Å². The Morgan fingerprint density at radius 1 is 1.43 bits per heavy atom. The molecule has 2 atom stereocenters. The summed E-state index contributed by atoms with van der Waals surface area (Å²) in [6, 6.07) is 6.19. The molecule has 1 aliphatic rings. The van der Waals surface area contributed by atoms with Gasteiger partial charge in [0.1, 0.15) is 0 Å². The van der Waals surface area contributed by atoms with E-state index >= 15 is 0 Å². The molecule has 7 heteroatoms. The zero-order valence-electron chi connectivity index (χ0n) is 13.8. The summed E-state index contributed by atoms with van der Waals surface area (Å²) >= 11 is 12.2. The van der Waals surface area contributed by atoms with Crippen molar-refractivity contribution in [2.75, 3.05) is 27.2 Å². The van der Waals surface area contributed by atoms with E-state index < -0.39 is 0 Å². The molecule has 2 unspecified atom stereocenters. The predicted octanol–water partition coefficient (Wildman–Crippen LogP) is 3.93. The number of nitrogens with one attached hydrogen (secondary N) is 2. The number of likely N-dealkylation sites (N-methyl/N-ethyl adjacent to an activating group) is 1. The van der Waals surface area contributed by atoms with Gasteiger partial charge in [-0.25, -0.2) is 0 Å². The molecule has 0 aliphatic carbocycles. The molecule has 1 heterocycles. The smallest absolute Gasteiger partial charge is 0.191 e. The first-order valence-electron chi connectivity index (χ1n) is 7.63. The summed E-state index contributed by atoms with van der Waals surface area (Å²) in [5, 5.41) is 8.09. The summed E-state index contributed by atoms with van der Waals surface area (Å²) in [5.41, 5.74) is 1.01. The monoisotopic (exact) mass is 470 g/mol. The van der Waals surface area contributed by atoms with Gasteiger partial charge in [-0.2, -0.15) is 0 Å². The Balaban J connectivity index is 0.00000264. The van der Waals surface area contributed by atoms with Crippen LogP contribution in [0.15, 0.2) is 23.2 Å². The van der Waals surface area contributed by atoms with E-state index in [9.17, 15) is 0 Å². The minimum absolute atomic E-state index is 0. The average molecular weight is 471 g/mol. The van der Waals surface area contributed by atoms with Crippen LogP contribution in [0, 0.1) is 0 Å². The molecule has 1 aliphatic heterocycles. The van der Waals surface area contributed by atoms with Crippen molar-refractivity contribution in [3.05, 3.63) is 33.8 Å². The fourth-order valence-electron chi connectivity index (χ4n) is 2.78. The SMILES string of the molecule is CN=C(NCC1CCCN1C)NC(C)c1ccc(Cl)cc1Cl.I. The van der Waals surface area contributed by atoms with Crippen molar-refractivity contribution >= 4 is 53.1 Å². The third-order valence-electron chi connectivity index (χ3n) is 4.18. The maximum atomic E-state index is 6.26. The van der Waals surface area contributed by atoms with Crippen LogP contribution in [0.5, 0.6) is 0 Å². The van der Waals surface area contributed by atoms with E-state index in [0.717, 1.165) is 18.1 Å². The summed E-state index contributed by atoms with van der Waals surface area (Å²) in [6.45, 7) is 4.13. The van der Waals surface area contributed by atoms with Gasteiger partial charge in [0.2, 0.25) is 0 Å². The number of nitrogens with zero attached hydrogens (tertiary/aromatic N) is 2. The van der Waals surface area contributed by atoms with Gasteiger partial charge in [0.15, 0.2) is 5.96 Å². The van der Waals surface area contributed by atoms with Crippen molar-refractivity contribution in [2.24, 2.45) is 4.99 Å². The van der Waals surface area contributed by atoms with Crippen molar-refractivity contribution in [1.29, 1.82) is 0 Å². The molecule has 0 radical (unpaired) electrons. The average Bonchev–Trinajstić information content (AvgIpc) is 2.88. The summed E-state index contributed by atoms with van der Waals surface area (Å²) in [6.07, 6.45) is 2.50. The standard InChI is InChI=1S/C16H24Cl2N4.HI/c1-11(14-7-6-12(17)9-15(14)18)21-16(19-2)20-10-13-5-4-8-22(13)3;/h6-7,9,11,13H,4-5,8,10H2,1-3H3,(H2,19,20,21);1H. The lowest BCUT2D eigenvalue weighted by Crippen LogP contribution is -2.44. The minimum Gasteiger partial charge on any atom is -0.355 e. The van der Waals surface area contributed by atoms with E-state index in [1.807, 2.05) is 12.1 Å². The van der Waals surface area contributed by atoms with Crippen LogP contribution in [0.25, 0.3) is 0 Å². The number of guanidine groups is 1. The normalized spacial score (nSPS) is 20.0. The quantitative estimate of drug-likeness (QED) is 0.398. The molecular formula is C16H25Cl2IN4. The molecule has 1 aromatic carbocycles. The van der Waals surface area contributed by atoms with Crippen molar-refractivity contribution in [2.45, 2.75) is 31.8 Å². The number of aliphatic imine (C=N–C) groups is 1. The van der Waals surface area contributed by atoms with E-state index in [0.29, 0.717) is 16.1 Å². The molecule has 4 nitrogen and oxygen atoms in total. The van der Waals surface area contributed by atoms with Gasteiger partial charge in [0, 0.05) is 29.7 Å². The lowest BCUT2D eigenvalue weighted by atomic mass is 10.1. The number of benzene rings is 1. The highest BCUT2D eigenvalue weighted by Crippen LogP contribution is 2.26. The van der Waals surface area contributed by atoms with Crippen molar-refractivity contribution in [1.82, 2.24) is 15.5 Å². The summed E-state index contributed by atoms with van der Waals surface area (Å²) < 4.78 is 0. The Morgan fingerprint density at radius 3 is 2.74 bits per heavy atom. The summed E-state index contributed by atoms with van der Waals surface area (Å²) in [5.74, 6) is 0.791. The lowest BCUT2D eigenvalue weighted by molar-refractivity contribution is 0.309. The van der Waals surface area contributed by atoms with E-state index in [-0.39, 0.29) is 30.0 Å². The second kappa shape index (κ2) is 9.91. The molecule has 23 heavy (non-hydrogen) atoms. The second-order valence-electron chi connectivity index (χ2n) is 5.76. The molecule has 1 saturated heterocycles. The van der Waals surface area contributed by atoms with Gasteiger partial charge in [-0.05, 0) is 51.1 Å². The third kappa shape index (κ3) is 5.96. The Kier molecular flexibility index (Phi) is 8.97. The van der Waals surface area contributed by atoms with Crippen molar-refractivity contribution in [3.8, 4) is 0 Å². The Hall–Kier alpha value is -0.240. The zero-order chi connectivity index (χ0) is 16.1. The highest BCUT2D eigenvalue weighted by atomic mass is 127. The molecule has 130 valence electrons. The van der Waals surface area contributed by atoms with Crippen LogP contribution in [0.3, 0.4) is 0 Å². The van der Waals surface area contributed by atoms with Crippen LogP contribution in [0.4, 0.5) is 0 Å². The molecule has 2 rings (SSSR count). The Labute approximate surface area is 166 Å². The highest BCUT2D eigenvalue weighted by Gasteiger charge is 2.21. The molecule has 2 N–H and O–H groups in total. The maximum absolute atomic E-state index is 6.26. The van der Waals surface area contributed by atoms with Gasteiger partial charge in [-0.1, -0.05) is 29.3 Å². The van der Waals surface area contributed by atoms with Gasteiger partial charge >= 0.3 is 0 Å². The highest BCUT2D eigenvalue weighted by molar-refractivity contribution is 14.0. The fourth-order valence-corrected chi connectivity index (χ4v) is 3.35. The number of hydrogen-bond acceptors (Lipinski definition) is 2. The first kappa shape index (κ1) is 20.8. The second-order valence-corrected chi connectivity index (χ2v) is 6.61. The molecule has 0 amide bonds. The van der Waals surface area contributed by atoms with Crippen LogP contribution in [0.2, 0.25) is 10.0 Å². The number of rotatable bonds is 4. The third-order valence-corrected chi connectivity index (χ3v) is 4.74. The zero-order valence-corrected chi connectivity index (χ0v) is 17.6. The van der Waals surface area contributed by atoms with Crippen LogP contribution in [0.1, 0.15) is 31.4 Å². The lowest BCUT2D eigenvalue weighted by Gasteiger charge is -2.23. The van der Waals surface area contributed by atoms with Gasteiger partial charge in [0.25, 0.3) is 0 Å². The summed E-state index contributed by atoms with van der Waals surface area (Å²) in [4.78, 5) is 6.68. The van der Waals surface area contributed by atoms with Gasteiger partial charge in [-0.15, -0.1) is 24.0 Å². The molecule has 0 bridgehead atoms. The van der Waals surface area contributed by atoms with Crippen LogP contribution in [-0.4, -0.2) is 44.1 Å². The fraction of sp³-hybridized carbons (Fsp3) is 0.562. The molecule has 0 aromatic heterocycles. The van der Waals surface area contributed by atoms with Crippen molar-refractivity contribution in [3.63, 3.8) is 0 Å². The van der Waals surface area contributed by atoms with Crippen LogP contribution in [-0.2, 0) is 0 Å².